The standard InChI is InChI=1S/C17H29NO2/c1-12(18-17(5,6)11-16(2,3)4)13-8-9-14(19)15(10-13)20-7/h8-10,12,18-19H,11H2,1-7H3. The van der Waals surface area contributed by atoms with E-state index in [9.17, 15) is 5.11 Å². The molecule has 0 aliphatic carbocycles. The molecule has 0 radical (unpaired) electrons. The molecular weight excluding hydrogens is 250 g/mol. The molecule has 0 fully saturated rings. The molecule has 1 rings (SSSR count). The molecule has 0 aliphatic rings. The van der Waals surface area contributed by atoms with Crippen molar-refractivity contribution in [3.63, 3.8) is 0 Å². The van der Waals surface area contributed by atoms with Crippen molar-refractivity contribution in [1.82, 2.24) is 5.32 Å². The third-order valence-electron chi connectivity index (χ3n) is 3.28. The van der Waals surface area contributed by atoms with Crippen molar-refractivity contribution in [3.05, 3.63) is 23.8 Å². The maximum Gasteiger partial charge on any atom is 0.160 e. The summed E-state index contributed by atoms with van der Waals surface area (Å²) >= 11 is 0. The number of aromatic hydroxyl groups is 1. The molecule has 0 amide bonds. The molecule has 0 aliphatic heterocycles. The Morgan fingerprint density at radius 1 is 1.20 bits per heavy atom. The number of nitrogens with one attached hydrogen (secondary N) is 1. The summed E-state index contributed by atoms with van der Waals surface area (Å²) in [7, 11) is 1.57. The number of rotatable bonds is 5. The van der Waals surface area contributed by atoms with Crippen molar-refractivity contribution in [2.75, 3.05) is 7.11 Å². The van der Waals surface area contributed by atoms with E-state index >= 15 is 0 Å². The Labute approximate surface area is 123 Å². The van der Waals surface area contributed by atoms with E-state index in [1.807, 2.05) is 12.1 Å². The second kappa shape index (κ2) is 6.04. The second-order valence-electron chi connectivity index (χ2n) is 7.42. The summed E-state index contributed by atoms with van der Waals surface area (Å²) in [6.45, 7) is 13.4. The second-order valence-corrected chi connectivity index (χ2v) is 7.42. The number of phenols is 1. The number of methoxy groups -OCH3 is 1. The summed E-state index contributed by atoms with van der Waals surface area (Å²) in [5.74, 6) is 0.696. The van der Waals surface area contributed by atoms with Gasteiger partial charge in [-0.15, -0.1) is 0 Å². The van der Waals surface area contributed by atoms with Crippen LogP contribution >= 0.6 is 0 Å². The SMILES string of the molecule is COc1cc(C(C)NC(C)(C)CC(C)(C)C)ccc1O. The van der Waals surface area contributed by atoms with Gasteiger partial charge in [0.25, 0.3) is 0 Å². The summed E-state index contributed by atoms with van der Waals surface area (Å²) in [5, 5.41) is 13.3. The molecule has 0 aromatic heterocycles. The molecule has 114 valence electrons. The fraction of sp³-hybridized carbons (Fsp3) is 0.647. The highest BCUT2D eigenvalue weighted by molar-refractivity contribution is 5.42. The highest BCUT2D eigenvalue weighted by atomic mass is 16.5. The van der Waals surface area contributed by atoms with E-state index in [2.05, 4.69) is 46.9 Å². The lowest BCUT2D eigenvalue weighted by Gasteiger charge is -2.36. The zero-order valence-electron chi connectivity index (χ0n) is 13.9. The Balaban J connectivity index is 2.83. The van der Waals surface area contributed by atoms with Crippen LogP contribution in [0.15, 0.2) is 18.2 Å². The lowest BCUT2D eigenvalue weighted by molar-refractivity contribution is 0.226. The normalized spacial score (nSPS) is 14.2. The predicted molar refractivity (Wildman–Crippen MR) is 84.4 cm³/mol. The molecule has 3 heteroatoms. The van der Waals surface area contributed by atoms with Gasteiger partial charge in [-0.05, 0) is 50.3 Å². The van der Waals surface area contributed by atoms with Gasteiger partial charge in [-0.1, -0.05) is 26.8 Å². The summed E-state index contributed by atoms with van der Waals surface area (Å²) in [6.07, 6.45) is 1.08. The lowest BCUT2D eigenvalue weighted by Crippen LogP contribution is -2.43. The summed E-state index contributed by atoms with van der Waals surface area (Å²) in [5.41, 5.74) is 1.44. The van der Waals surface area contributed by atoms with E-state index in [0.717, 1.165) is 12.0 Å². The summed E-state index contributed by atoms with van der Waals surface area (Å²) < 4.78 is 5.17. The van der Waals surface area contributed by atoms with Gasteiger partial charge >= 0.3 is 0 Å². The van der Waals surface area contributed by atoms with Crippen LogP contribution < -0.4 is 10.1 Å². The molecule has 0 bridgehead atoms. The third-order valence-corrected chi connectivity index (χ3v) is 3.28. The number of phenolic OH excluding ortho intramolecular Hbond substituents is 1. The highest BCUT2D eigenvalue weighted by Crippen LogP contribution is 2.32. The van der Waals surface area contributed by atoms with Crippen molar-refractivity contribution in [3.8, 4) is 11.5 Å². The van der Waals surface area contributed by atoms with Crippen LogP contribution in [-0.2, 0) is 0 Å². The zero-order valence-corrected chi connectivity index (χ0v) is 13.9. The zero-order chi connectivity index (χ0) is 15.6. The number of ether oxygens (including phenoxy) is 1. The first-order valence-corrected chi connectivity index (χ1v) is 7.19. The van der Waals surface area contributed by atoms with Crippen molar-refractivity contribution in [2.24, 2.45) is 5.41 Å². The fourth-order valence-electron chi connectivity index (χ4n) is 3.01. The first-order valence-electron chi connectivity index (χ1n) is 7.19. The minimum Gasteiger partial charge on any atom is -0.504 e. The Hall–Kier alpha value is -1.22. The van der Waals surface area contributed by atoms with Crippen LogP contribution in [0.1, 0.15) is 59.6 Å². The minimum absolute atomic E-state index is 0.0444. The molecule has 0 saturated carbocycles. The third kappa shape index (κ3) is 5.04. The molecule has 1 atom stereocenters. The number of benzene rings is 1. The van der Waals surface area contributed by atoms with Gasteiger partial charge in [0.1, 0.15) is 0 Å². The van der Waals surface area contributed by atoms with Gasteiger partial charge in [0, 0.05) is 11.6 Å². The summed E-state index contributed by atoms with van der Waals surface area (Å²) in [6, 6.07) is 5.70. The van der Waals surface area contributed by atoms with E-state index < -0.39 is 0 Å². The monoisotopic (exact) mass is 279 g/mol. The molecular formula is C17H29NO2. The maximum atomic E-state index is 9.66. The van der Waals surface area contributed by atoms with Crippen LogP contribution in [0.4, 0.5) is 0 Å². The Bertz CT molecular complexity index is 447. The average molecular weight is 279 g/mol. The molecule has 2 N–H and O–H groups in total. The van der Waals surface area contributed by atoms with E-state index in [0.29, 0.717) is 5.75 Å². The van der Waals surface area contributed by atoms with Crippen LogP contribution in [0.3, 0.4) is 0 Å². The molecule has 20 heavy (non-hydrogen) atoms. The van der Waals surface area contributed by atoms with Gasteiger partial charge < -0.3 is 15.2 Å². The Morgan fingerprint density at radius 2 is 1.80 bits per heavy atom. The van der Waals surface area contributed by atoms with Crippen molar-refractivity contribution in [1.29, 1.82) is 0 Å². The van der Waals surface area contributed by atoms with Gasteiger partial charge in [-0.3, -0.25) is 0 Å². The topological polar surface area (TPSA) is 41.5 Å². The average Bonchev–Trinajstić information content (AvgIpc) is 2.25. The first-order chi connectivity index (χ1) is 9.04. The van der Waals surface area contributed by atoms with Crippen LogP contribution in [0.2, 0.25) is 0 Å². The molecule has 1 aromatic rings. The molecule has 3 nitrogen and oxygen atoms in total. The predicted octanol–water partition coefficient (Wildman–Crippen LogP) is 4.27. The van der Waals surface area contributed by atoms with E-state index in [-0.39, 0.29) is 22.7 Å². The van der Waals surface area contributed by atoms with Gasteiger partial charge in [-0.2, -0.15) is 0 Å². The van der Waals surface area contributed by atoms with Crippen LogP contribution in [0.5, 0.6) is 11.5 Å². The smallest absolute Gasteiger partial charge is 0.160 e. The number of hydrogen-bond donors (Lipinski definition) is 2. The maximum absolute atomic E-state index is 9.66. The Kier molecular flexibility index (Phi) is 5.09. The molecule has 0 heterocycles. The molecule has 1 aromatic carbocycles. The minimum atomic E-state index is 0.0444. The first kappa shape index (κ1) is 16.8. The van der Waals surface area contributed by atoms with E-state index in [4.69, 9.17) is 4.74 Å². The van der Waals surface area contributed by atoms with Crippen LogP contribution in [0, 0.1) is 5.41 Å². The van der Waals surface area contributed by atoms with Gasteiger partial charge in [-0.25, -0.2) is 0 Å². The molecule has 0 saturated heterocycles. The van der Waals surface area contributed by atoms with Gasteiger partial charge in [0.05, 0.1) is 7.11 Å². The summed E-state index contributed by atoms with van der Waals surface area (Å²) in [4.78, 5) is 0. The quantitative estimate of drug-likeness (QED) is 0.846. The largest absolute Gasteiger partial charge is 0.504 e. The van der Waals surface area contributed by atoms with Crippen LogP contribution in [0.25, 0.3) is 0 Å². The molecule has 1 unspecified atom stereocenters. The van der Waals surface area contributed by atoms with Crippen molar-refractivity contribution >= 4 is 0 Å². The van der Waals surface area contributed by atoms with E-state index in [1.54, 1.807) is 13.2 Å². The Morgan fingerprint density at radius 3 is 2.30 bits per heavy atom. The van der Waals surface area contributed by atoms with Gasteiger partial charge in [0.2, 0.25) is 0 Å². The van der Waals surface area contributed by atoms with E-state index in [1.165, 1.54) is 0 Å². The molecule has 0 spiro atoms. The number of hydrogen-bond acceptors (Lipinski definition) is 3. The van der Waals surface area contributed by atoms with Gasteiger partial charge in [0.15, 0.2) is 11.5 Å². The van der Waals surface area contributed by atoms with Crippen molar-refractivity contribution in [2.45, 2.75) is 59.5 Å². The van der Waals surface area contributed by atoms with Crippen LogP contribution in [-0.4, -0.2) is 17.8 Å². The fourth-order valence-corrected chi connectivity index (χ4v) is 3.01. The van der Waals surface area contributed by atoms with Crippen molar-refractivity contribution < 1.29 is 9.84 Å². The highest BCUT2D eigenvalue weighted by Gasteiger charge is 2.27. The lowest BCUT2D eigenvalue weighted by atomic mass is 9.81.